The van der Waals surface area contributed by atoms with Gasteiger partial charge in [0.25, 0.3) is 0 Å². The van der Waals surface area contributed by atoms with E-state index in [1.807, 2.05) is 30.7 Å². The number of aryl methyl sites for hydroxylation is 2. The van der Waals surface area contributed by atoms with E-state index in [-0.39, 0.29) is 6.04 Å². The van der Waals surface area contributed by atoms with E-state index in [4.69, 9.17) is 10.5 Å². The number of benzene rings is 1. The molecule has 0 fully saturated rings. The van der Waals surface area contributed by atoms with E-state index >= 15 is 0 Å². The molecule has 1 atom stereocenters. The second kappa shape index (κ2) is 5.75. The van der Waals surface area contributed by atoms with Crippen molar-refractivity contribution in [3.8, 4) is 5.75 Å². The van der Waals surface area contributed by atoms with Gasteiger partial charge >= 0.3 is 0 Å². The van der Waals surface area contributed by atoms with Crippen LogP contribution in [0.15, 0.2) is 28.9 Å². The fourth-order valence-corrected chi connectivity index (χ4v) is 2.72. The summed E-state index contributed by atoms with van der Waals surface area (Å²) in [6, 6.07) is 5.75. The van der Waals surface area contributed by atoms with Crippen LogP contribution in [0.4, 0.5) is 0 Å². The Balaban J connectivity index is 2.51. The second-order valence-electron chi connectivity index (χ2n) is 4.42. The summed E-state index contributed by atoms with van der Waals surface area (Å²) in [7, 11) is 1.66. The SMILES string of the molecule is CCn1ncc(Br)c1C(N)c1cc(C)ccc1OC. The molecule has 102 valence electrons. The van der Waals surface area contributed by atoms with Gasteiger partial charge in [0, 0.05) is 12.1 Å². The van der Waals surface area contributed by atoms with Crippen molar-refractivity contribution in [2.45, 2.75) is 26.4 Å². The quantitative estimate of drug-likeness (QED) is 0.940. The zero-order chi connectivity index (χ0) is 14.0. The van der Waals surface area contributed by atoms with Gasteiger partial charge in [0.2, 0.25) is 0 Å². The molecular formula is C14H18BrN3O. The lowest BCUT2D eigenvalue weighted by molar-refractivity contribution is 0.406. The monoisotopic (exact) mass is 323 g/mol. The van der Waals surface area contributed by atoms with E-state index in [0.29, 0.717) is 0 Å². The van der Waals surface area contributed by atoms with Crippen molar-refractivity contribution >= 4 is 15.9 Å². The lowest BCUT2D eigenvalue weighted by Gasteiger charge is -2.18. The van der Waals surface area contributed by atoms with Crippen LogP contribution in [0.3, 0.4) is 0 Å². The van der Waals surface area contributed by atoms with Gasteiger partial charge in [-0.2, -0.15) is 5.10 Å². The summed E-state index contributed by atoms with van der Waals surface area (Å²) in [5, 5.41) is 4.31. The fourth-order valence-electron chi connectivity index (χ4n) is 2.18. The normalized spacial score (nSPS) is 12.5. The van der Waals surface area contributed by atoms with Gasteiger partial charge in [0.15, 0.2) is 0 Å². The zero-order valence-corrected chi connectivity index (χ0v) is 12.9. The van der Waals surface area contributed by atoms with Gasteiger partial charge in [-0.15, -0.1) is 0 Å². The third-order valence-electron chi connectivity index (χ3n) is 3.15. The van der Waals surface area contributed by atoms with Crippen LogP contribution in [-0.4, -0.2) is 16.9 Å². The molecule has 2 aromatic rings. The average molecular weight is 324 g/mol. The Morgan fingerprint density at radius 1 is 1.47 bits per heavy atom. The molecule has 0 amide bonds. The number of hydrogen-bond acceptors (Lipinski definition) is 3. The number of aromatic nitrogens is 2. The average Bonchev–Trinajstić information content (AvgIpc) is 2.79. The zero-order valence-electron chi connectivity index (χ0n) is 11.4. The van der Waals surface area contributed by atoms with Gasteiger partial charge < -0.3 is 10.5 Å². The first kappa shape index (κ1) is 14.1. The van der Waals surface area contributed by atoms with E-state index in [2.05, 4.69) is 27.1 Å². The van der Waals surface area contributed by atoms with E-state index in [1.165, 1.54) is 0 Å². The molecule has 1 heterocycles. The minimum absolute atomic E-state index is 0.272. The smallest absolute Gasteiger partial charge is 0.124 e. The number of hydrogen-bond donors (Lipinski definition) is 1. The van der Waals surface area contributed by atoms with Crippen molar-refractivity contribution in [3.05, 3.63) is 45.7 Å². The first-order valence-electron chi connectivity index (χ1n) is 6.19. The maximum atomic E-state index is 6.41. The maximum Gasteiger partial charge on any atom is 0.124 e. The topological polar surface area (TPSA) is 53.1 Å². The number of nitrogens with two attached hydrogens (primary N) is 1. The number of nitrogens with zero attached hydrogens (tertiary/aromatic N) is 2. The first-order chi connectivity index (χ1) is 9.08. The van der Waals surface area contributed by atoms with Crippen LogP contribution < -0.4 is 10.5 Å². The van der Waals surface area contributed by atoms with Crippen LogP contribution in [0, 0.1) is 6.92 Å². The van der Waals surface area contributed by atoms with Crippen molar-refractivity contribution < 1.29 is 4.74 Å². The predicted molar refractivity (Wildman–Crippen MR) is 79.4 cm³/mol. The van der Waals surface area contributed by atoms with Crippen LogP contribution in [0.1, 0.15) is 29.8 Å². The van der Waals surface area contributed by atoms with Crippen molar-refractivity contribution in [3.63, 3.8) is 0 Å². The molecule has 0 spiro atoms. The lowest BCUT2D eigenvalue weighted by Crippen LogP contribution is -2.18. The lowest BCUT2D eigenvalue weighted by atomic mass is 10.0. The fraction of sp³-hybridized carbons (Fsp3) is 0.357. The molecule has 1 aromatic carbocycles. The molecule has 0 aliphatic carbocycles. The van der Waals surface area contributed by atoms with Gasteiger partial charge in [-0.1, -0.05) is 17.7 Å². The van der Waals surface area contributed by atoms with Crippen molar-refractivity contribution in [1.82, 2.24) is 9.78 Å². The van der Waals surface area contributed by atoms with Crippen LogP contribution in [-0.2, 0) is 6.54 Å². The largest absolute Gasteiger partial charge is 0.496 e. The Kier molecular flexibility index (Phi) is 4.27. The Hall–Kier alpha value is -1.33. The van der Waals surface area contributed by atoms with Gasteiger partial charge in [0.05, 0.1) is 29.5 Å². The minimum atomic E-state index is -0.272. The minimum Gasteiger partial charge on any atom is -0.496 e. The molecule has 0 bridgehead atoms. The van der Waals surface area contributed by atoms with Crippen LogP contribution in [0.5, 0.6) is 5.75 Å². The molecule has 0 saturated heterocycles. The number of halogens is 1. The Morgan fingerprint density at radius 2 is 2.21 bits per heavy atom. The van der Waals surface area contributed by atoms with Crippen molar-refractivity contribution in [2.24, 2.45) is 5.73 Å². The van der Waals surface area contributed by atoms with E-state index in [1.54, 1.807) is 13.3 Å². The van der Waals surface area contributed by atoms with Crippen LogP contribution in [0.2, 0.25) is 0 Å². The highest BCUT2D eigenvalue weighted by Gasteiger charge is 2.20. The second-order valence-corrected chi connectivity index (χ2v) is 5.27. The Bertz CT molecular complexity index is 580. The molecule has 0 saturated carbocycles. The summed E-state index contributed by atoms with van der Waals surface area (Å²) in [5.74, 6) is 0.800. The third-order valence-corrected chi connectivity index (χ3v) is 3.76. The molecule has 0 aliphatic heterocycles. The molecule has 4 nitrogen and oxygen atoms in total. The van der Waals surface area contributed by atoms with Gasteiger partial charge in [-0.3, -0.25) is 4.68 Å². The summed E-state index contributed by atoms with van der Waals surface area (Å²) in [6.45, 7) is 4.87. The number of ether oxygens (including phenoxy) is 1. The standard InChI is InChI=1S/C14H18BrN3O/c1-4-18-14(11(15)8-17-18)13(16)10-7-9(2)5-6-12(10)19-3/h5-8,13H,4,16H2,1-3H3. The van der Waals surface area contributed by atoms with Gasteiger partial charge in [0.1, 0.15) is 5.75 Å². The van der Waals surface area contributed by atoms with Crippen LogP contribution >= 0.6 is 15.9 Å². The highest BCUT2D eigenvalue weighted by molar-refractivity contribution is 9.10. The molecular weight excluding hydrogens is 306 g/mol. The molecule has 1 unspecified atom stereocenters. The summed E-state index contributed by atoms with van der Waals surface area (Å²) in [6.07, 6.45) is 1.78. The van der Waals surface area contributed by atoms with E-state index < -0.39 is 0 Å². The highest BCUT2D eigenvalue weighted by atomic mass is 79.9. The Labute approximate surface area is 121 Å². The molecule has 19 heavy (non-hydrogen) atoms. The van der Waals surface area contributed by atoms with Crippen molar-refractivity contribution in [1.29, 1.82) is 0 Å². The predicted octanol–water partition coefficient (Wildman–Crippen LogP) is 3.03. The Morgan fingerprint density at radius 3 is 2.84 bits per heavy atom. The molecule has 0 radical (unpaired) electrons. The molecule has 1 aromatic heterocycles. The van der Waals surface area contributed by atoms with Crippen LogP contribution in [0.25, 0.3) is 0 Å². The van der Waals surface area contributed by atoms with Gasteiger partial charge in [-0.25, -0.2) is 0 Å². The van der Waals surface area contributed by atoms with E-state index in [0.717, 1.165) is 33.6 Å². The van der Waals surface area contributed by atoms with E-state index in [9.17, 15) is 0 Å². The summed E-state index contributed by atoms with van der Waals surface area (Å²) >= 11 is 3.52. The maximum absolute atomic E-state index is 6.41. The number of methoxy groups -OCH3 is 1. The first-order valence-corrected chi connectivity index (χ1v) is 6.99. The molecule has 2 N–H and O–H groups in total. The summed E-state index contributed by atoms with van der Waals surface area (Å²) < 4.78 is 8.23. The molecule has 5 heteroatoms. The number of rotatable bonds is 4. The molecule has 2 rings (SSSR count). The van der Waals surface area contributed by atoms with Gasteiger partial charge in [-0.05, 0) is 35.8 Å². The summed E-state index contributed by atoms with van der Waals surface area (Å²) in [4.78, 5) is 0. The van der Waals surface area contributed by atoms with Crippen molar-refractivity contribution in [2.75, 3.05) is 7.11 Å². The summed E-state index contributed by atoms with van der Waals surface area (Å²) in [5.41, 5.74) is 9.50. The highest BCUT2D eigenvalue weighted by Crippen LogP contribution is 2.32. The third kappa shape index (κ3) is 2.67. The molecule has 0 aliphatic rings.